The zero-order valence-corrected chi connectivity index (χ0v) is 13.7. The Hall–Kier alpha value is -2.56. The Kier molecular flexibility index (Phi) is 4.99. The second-order valence-electron chi connectivity index (χ2n) is 6.18. The molecular weight excluding hydrogens is 304 g/mol. The third-order valence-corrected chi connectivity index (χ3v) is 4.36. The molecule has 1 aliphatic rings. The summed E-state index contributed by atoms with van der Waals surface area (Å²) in [6.07, 6.45) is 4.73. The van der Waals surface area contributed by atoms with Crippen molar-refractivity contribution in [3.8, 4) is 0 Å². The van der Waals surface area contributed by atoms with Gasteiger partial charge in [-0.1, -0.05) is 30.3 Å². The molecule has 1 aliphatic carbocycles. The third kappa shape index (κ3) is 3.85. The summed E-state index contributed by atoms with van der Waals surface area (Å²) >= 11 is 0. The minimum atomic E-state index is -0.323. The average molecular weight is 326 g/mol. The van der Waals surface area contributed by atoms with E-state index in [1.807, 2.05) is 36.4 Å². The van der Waals surface area contributed by atoms with Gasteiger partial charge in [-0.3, -0.25) is 9.59 Å². The lowest BCUT2D eigenvalue weighted by Crippen LogP contribution is -2.35. The van der Waals surface area contributed by atoms with Crippen molar-refractivity contribution in [1.29, 1.82) is 0 Å². The molecule has 2 N–H and O–H groups in total. The highest BCUT2D eigenvalue weighted by molar-refractivity contribution is 5.79. The fourth-order valence-electron chi connectivity index (χ4n) is 3.26. The molecule has 2 atom stereocenters. The molecule has 0 saturated heterocycles. The number of carbonyl (C=O) groups excluding carboxylic acids is 2. The summed E-state index contributed by atoms with van der Waals surface area (Å²) in [4.78, 5) is 24.0. The summed E-state index contributed by atoms with van der Waals surface area (Å²) in [5.74, 6) is 0.746. The third-order valence-electron chi connectivity index (χ3n) is 4.36. The van der Waals surface area contributed by atoms with Crippen LogP contribution in [0.15, 0.2) is 47.1 Å². The van der Waals surface area contributed by atoms with Gasteiger partial charge in [0.05, 0.1) is 24.8 Å². The minimum Gasteiger partial charge on any atom is -0.469 e. The van der Waals surface area contributed by atoms with Gasteiger partial charge in [-0.2, -0.15) is 0 Å². The van der Waals surface area contributed by atoms with Gasteiger partial charge in [-0.05, 0) is 24.5 Å². The van der Waals surface area contributed by atoms with Crippen LogP contribution in [0.3, 0.4) is 0 Å². The molecule has 1 heterocycles. The predicted octanol–water partition coefficient (Wildman–Crippen LogP) is 3.04. The van der Waals surface area contributed by atoms with E-state index in [4.69, 9.17) is 4.42 Å². The second kappa shape index (κ2) is 7.34. The van der Waals surface area contributed by atoms with Crippen LogP contribution in [0, 0.1) is 0 Å². The number of aryl methyl sites for hydroxylation is 1. The van der Waals surface area contributed by atoms with E-state index in [-0.39, 0.29) is 30.3 Å². The van der Waals surface area contributed by atoms with Crippen molar-refractivity contribution in [3.05, 3.63) is 59.5 Å². The number of benzene rings is 1. The molecule has 0 aliphatic heterocycles. The quantitative estimate of drug-likeness (QED) is 0.887. The maximum absolute atomic E-state index is 12.5. The summed E-state index contributed by atoms with van der Waals surface area (Å²) in [6.45, 7) is 1.47. The molecule has 0 fully saturated rings. The highest BCUT2D eigenvalue weighted by Gasteiger charge is 2.25. The fourth-order valence-corrected chi connectivity index (χ4v) is 3.26. The van der Waals surface area contributed by atoms with Crippen LogP contribution in [-0.2, 0) is 16.0 Å². The van der Waals surface area contributed by atoms with E-state index in [1.165, 1.54) is 6.92 Å². The van der Waals surface area contributed by atoms with Crippen LogP contribution >= 0.6 is 0 Å². The normalized spacial score (nSPS) is 17.6. The zero-order chi connectivity index (χ0) is 16.9. The molecule has 2 aromatic rings. The van der Waals surface area contributed by atoms with Crippen molar-refractivity contribution in [2.45, 2.75) is 44.7 Å². The van der Waals surface area contributed by atoms with E-state index in [0.29, 0.717) is 0 Å². The SMILES string of the molecule is CC(=O)N[C@H](CC(=O)N[C@H]1CCCc2occc21)c1ccccc1. The Morgan fingerprint density at radius 1 is 1.25 bits per heavy atom. The van der Waals surface area contributed by atoms with Gasteiger partial charge in [0.25, 0.3) is 0 Å². The maximum atomic E-state index is 12.5. The molecule has 2 amide bonds. The molecule has 5 nitrogen and oxygen atoms in total. The molecule has 0 unspecified atom stereocenters. The van der Waals surface area contributed by atoms with Crippen LogP contribution in [0.5, 0.6) is 0 Å². The Labute approximate surface area is 141 Å². The van der Waals surface area contributed by atoms with Crippen molar-refractivity contribution in [1.82, 2.24) is 10.6 Å². The van der Waals surface area contributed by atoms with Gasteiger partial charge in [-0.15, -0.1) is 0 Å². The molecule has 24 heavy (non-hydrogen) atoms. The molecule has 3 rings (SSSR count). The molecule has 0 bridgehead atoms. The van der Waals surface area contributed by atoms with E-state index >= 15 is 0 Å². The van der Waals surface area contributed by atoms with E-state index in [2.05, 4.69) is 10.6 Å². The summed E-state index contributed by atoms with van der Waals surface area (Å²) in [5, 5.41) is 5.94. The lowest BCUT2D eigenvalue weighted by atomic mass is 9.93. The van der Waals surface area contributed by atoms with Crippen LogP contribution in [0.2, 0.25) is 0 Å². The van der Waals surface area contributed by atoms with Gasteiger partial charge in [-0.25, -0.2) is 0 Å². The average Bonchev–Trinajstić information content (AvgIpc) is 3.04. The summed E-state index contributed by atoms with van der Waals surface area (Å²) in [5.41, 5.74) is 2.00. The zero-order valence-electron chi connectivity index (χ0n) is 13.7. The van der Waals surface area contributed by atoms with E-state index < -0.39 is 0 Å². The smallest absolute Gasteiger partial charge is 0.222 e. The van der Waals surface area contributed by atoms with E-state index in [9.17, 15) is 9.59 Å². The largest absolute Gasteiger partial charge is 0.469 e. The van der Waals surface area contributed by atoms with Crippen LogP contribution in [0.1, 0.15) is 55.2 Å². The number of amides is 2. The molecule has 0 radical (unpaired) electrons. The van der Waals surface area contributed by atoms with Crippen molar-refractivity contribution in [2.24, 2.45) is 0 Å². The van der Waals surface area contributed by atoms with Crippen molar-refractivity contribution in [2.75, 3.05) is 0 Å². The van der Waals surface area contributed by atoms with Crippen LogP contribution in [-0.4, -0.2) is 11.8 Å². The van der Waals surface area contributed by atoms with Crippen LogP contribution in [0.25, 0.3) is 0 Å². The summed E-state index contributed by atoms with van der Waals surface area (Å²) < 4.78 is 5.46. The topological polar surface area (TPSA) is 71.3 Å². The minimum absolute atomic E-state index is 0.00579. The van der Waals surface area contributed by atoms with E-state index in [1.54, 1.807) is 6.26 Å². The number of fused-ring (bicyclic) bond motifs is 1. The molecule has 1 aromatic carbocycles. The van der Waals surface area contributed by atoms with Crippen molar-refractivity contribution in [3.63, 3.8) is 0 Å². The molecular formula is C19H22N2O3. The fraction of sp³-hybridized carbons (Fsp3) is 0.368. The van der Waals surface area contributed by atoms with Gasteiger partial charge >= 0.3 is 0 Å². The lowest BCUT2D eigenvalue weighted by molar-refractivity contribution is -0.123. The predicted molar refractivity (Wildman–Crippen MR) is 90.1 cm³/mol. The number of furan rings is 1. The molecule has 0 saturated carbocycles. The van der Waals surface area contributed by atoms with Crippen molar-refractivity contribution >= 4 is 11.8 Å². The Morgan fingerprint density at radius 2 is 2.04 bits per heavy atom. The first-order valence-electron chi connectivity index (χ1n) is 8.31. The second-order valence-corrected chi connectivity index (χ2v) is 6.18. The van der Waals surface area contributed by atoms with E-state index in [0.717, 1.165) is 36.1 Å². The van der Waals surface area contributed by atoms with Gasteiger partial charge in [0.2, 0.25) is 11.8 Å². The standard InChI is InChI=1S/C19H22N2O3/c1-13(22)20-17(14-6-3-2-4-7-14)12-19(23)21-16-8-5-9-18-15(16)10-11-24-18/h2-4,6-7,10-11,16-17H,5,8-9,12H2,1H3,(H,20,22)(H,21,23)/t16-,17+/m0/s1. The molecule has 0 spiro atoms. The van der Waals surface area contributed by atoms with Crippen LogP contribution in [0.4, 0.5) is 0 Å². The van der Waals surface area contributed by atoms with Crippen LogP contribution < -0.4 is 10.6 Å². The first-order valence-corrected chi connectivity index (χ1v) is 8.31. The molecule has 1 aromatic heterocycles. The maximum Gasteiger partial charge on any atom is 0.222 e. The van der Waals surface area contributed by atoms with Gasteiger partial charge in [0.1, 0.15) is 5.76 Å². The number of rotatable bonds is 5. The number of carbonyl (C=O) groups is 2. The van der Waals surface area contributed by atoms with Gasteiger partial charge in [0, 0.05) is 18.9 Å². The first-order chi connectivity index (χ1) is 11.6. The Morgan fingerprint density at radius 3 is 2.79 bits per heavy atom. The number of hydrogen-bond donors (Lipinski definition) is 2. The number of hydrogen-bond acceptors (Lipinski definition) is 3. The highest BCUT2D eigenvalue weighted by atomic mass is 16.3. The summed E-state index contributed by atoms with van der Waals surface area (Å²) in [7, 11) is 0. The molecule has 126 valence electrons. The first kappa shape index (κ1) is 16.3. The van der Waals surface area contributed by atoms with Crippen molar-refractivity contribution < 1.29 is 14.0 Å². The highest BCUT2D eigenvalue weighted by Crippen LogP contribution is 2.30. The van der Waals surface area contributed by atoms with Gasteiger partial charge < -0.3 is 15.1 Å². The Bertz CT molecular complexity index is 708. The monoisotopic (exact) mass is 326 g/mol. The Balaban J connectivity index is 1.67. The molecule has 5 heteroatoms. The number of nitrogens with one attached hydrogen (secondary N) is 2. The lowest BCUT2D eigenvalue weighted by Gasteiger charge is -2.24. The summed E-state index contributed by atoms with van der Waals surface area (Å²) in [6, 6.07) is 11.2. The van der Waals surface area contributed by atoms with Gasteiger partial charge in [0.15, 0.2) is 0 Å².